The Bertz CT molecular complexity index is 1990. The number of amides is 2. The van der Waals surface area contributed by atoms with E-state index in [1.807, 2.05) is 0 Å². The molecule has 246 valence electrons. The van der Waals surface area contributed by atoms with E-state index in [1.54, 1.807) is 43.9 Å². The minimum Gasteiger partial charge on any atom is -0.444 e. The smallest absolute Gasteiger partial charge is 0.407 e. The van der Waals surface area contributed by atoms with Crippen molar-refractivity contribution in [1.29, 1.82) is 0 Å². The van der Waals surface area contributed by atoms with Gasteiger partial charge in [-0.2, -0.15) is 4.73 Å². The molecular weight excluding hydrogens is 657 g/mol. The molecule has 5 rings (SSSR count). The molecule has 1 fully saturated rings. The molecule has 2 aromatic heterocycles. The summed E-state index contributed by atoms with van der Waals surface area (Å²) < 4.78 is 30.2. The van der Waals surface area contributed by atoms with Crippen molar-refractivity contribution in [2.24, 2.45) is 4.99 Å². The molecule has 1 aliphatic rings. The second-order valence-electron chi connectivity index (χ2n) is 12.3. The first kappa shape index (κ1) is 33.5. The Labute approximate surface area is 275 Å². The van der Waals surface area contributed by atoms with Gasteiger partial charge in [-0.25, -0.2) is 23.2 Å². The van der Waals surface area contributed by atoms with Gasteiger partial charge in [0.2, 0.25) is 0 Å². The zero-order chi connectivity index (χ0) is 33.4. The molecule has 0 bridgehead atoms. The van der Waals surface area contributed by atoms with E-state index in [4.69, 9.17) is 32.9 Å². The van der Waals surface area contributed by atoms with Crippen LogP contribution >= 0.6 is 23.2 Å². The molecule has 0 radical (unpaired) electrons. The number of likely N-dealkylation sites (tertiary alicyclic amines) is 1. The molecule has 2 amide bonds. The Kier molecular flexibility index (Phi) is 9.52. The molecule has 0 saturated carbocycles. The second kappa shape index (κ2) is 13.1. The summed E-state index contributed by atoms with van der Waals surface area (Å²) in [5, 5.41) is 14.4. The second-order valence-corrected chi connectivity index (χ2v) is 15.4. The standard InChI is InChI=1S/C30H35Cl2N7O6S/c1-30(2,3)45-29(41)33-15-18-6-5-10-38(18)28(40)19-14-25-20(13-21(19)32)26(34-16-39(25)42)36-23(9-11-46(4,43)44)27-35-22-8-7-17(31)12-24(22)37-27/h7-8,12-14,16,18,23,42H,5-6,9-11,15H2,1-4H3,(H,33,41)(H,35,37)/t18-,23+/m1/s1. The molecule has 46 heavy (non-hydrogen) atoms. The number of aromatic amines is 1. The molecule has 2 atom stereocenters. The SMILES string of the molecule is CC(C)(C)OC(=O)NC[C@H]1CCCN1C(=O)c1cc2c(cc1Cl)c(=N[C@@H](CCS(C)(=O)=O)c1nc3ccc(Cl)cc3[nH]1)ncn2O. The number of aromatic nitrogens is 4. The number of carbonyl (C=O) groups excluding carboxylic acids is 2. The average Bonchev–Trinajstić information content (AvgIpc) is 3.60. The van der Waals surface area contributed by atoms with E-state index in [0.29, 0.717) is 40.2 Å². The highest BCUT2D eigenvalue weighted by molar-refractivity contribution is 7.90. The molecule has 0 aliphatic carbocycles. The number of sulfone groups is 1. The van der Waals surface area contributed by atoms with Crippen LogP contribution in [0.4, 0.5) is 4.79 Å². The van der Waals surface area contributed by atoms with Gasteiger partial charge >= 0.3 is 6.09 Å². The van der Waals surface area contributed by atoms with Crippen LogP contribution in [0.5, 0.6) is 0 Å². The van der Waals surface area contributed by atoms with Crippen LogP contribution in [0.3, 0.4) is 0 Å². The van der Waals surface area contributed by atoms with Crippen molar-refractivity contribution in [2.75, 3.05) is 25.1 Å². The van der Waals surface area contributed by atoms with Crippen LogP contribution in [0.1, 0.15) is 62.3 Å². The number of hydrogen-bond donors (Lipinski definition) is 3. The van der Waals surface area contributed by atoms with Gasteiger partial charge in [-0.15, -0.1) is 0 Å². The van der Waals surface area contributed by atoms with Crippen molar-refractivity contribution in [3.63, 3.8) is 0 Å². The van der Waals surface area contributed by atoms with Gasteiger partial charge < -0.3 is 25.1 Å². The van der Waals surface area contributed by atoms with Crippen molar-refractivity contribution >= 4 is 67.0 Å². The maximum Gasteiger partial charge on any atom is 0.407 e. The first-order valence-electron chi connectivity index (χ1n) is 14.6. The first-order valence-corrected chi connectivity index (χ1v) is 17.4. The summed E-state index contributed by atoms with van der Waals surface area (Å²) in [6.45, 7) is 5.99. The quantitative estimate of drug-likeness (QED) is 0.224. The Morgan fingerprint density at radius 3 is 2.72 bits per heavy atom. The van der Waals surface area contributed by atoms with Crippen molar-refractivity contribution in [2.45, 2.75) is 57.7 Å². The zero-order valence-corrected chi connectivity index (χ0v) is 28.1. The third-order valence-electron chi connectivity index (χ3n) is 7.43. The normalized spacial score (nSPS) is 16.7. The predicted octanol–water partition coefficient (Wildman–Crippen LogP) is 4.66. The van der Waals surface area contributed by atoms with Gasteiger partial charge in [0.1, 0.15) is 33.6 Å². The fourth-order valence-electron chi connectivity index (χ4n) is 5.32. The molecule has 13 nitrogen and oxygen atoms in total. The largest absolute Gasteiger partial charge is 0.444 e. The van der Waals surface area contributed by atoms with Crippen molar-refractivity contribution < 1.29 is 28.0 Å². The molecule has 1 saturated heterocycles. The number of benzene rings is 2. The van der Waals surface area contributed by atoms with E-state index in [0.717, 1.165) is 23.7 Å². The lowest BCUT2D eigenvalue weighted by Gasteiger charge is -2.26. The number of carbonyl (C=O) groups is 2. The predicted molar refractivity (Wildman–Crippen MR) is 174 cm³/mol. The lowest BCUT2D eigenvalue weighted by molar-refractivity contribution is 0.0501. The molecule has 3 N–H and O–H groups in total. The fraction of sp³-hybridized carbons (Fsp3) is 0.433. The van der Waals surface area contributed by atoms with Gasteiger partial charge in [0.05, 0.1) is 32.9 Å². The van der Waals surface area contributed by atoms with Crippen molar-refractivity contribution in [1.82, 2.24) is 29.9 Å². The number of nitrogens with one attached hydrogen (secondary N) is 2. The highest BCUT2D eigenvalue weighted by Gasteiger charge is 2.32. The molecule has 4 aromatic rings. The number of ether oxygens (including phenoxy) is 1. The highest BCUT2D eigenvalue weighted by atomic mass is 35.5. The Morgan fingerprint density at radius 1 is 1.24 bits per heavy atom. The Morgan fingerprint density at radius 2 is 2.00 bits per heavy atom. The van der Waals surface area contributed by atoms with Crippen molar-refractivity contribution in [3.05, 3.63) is 63.6 Å². The minimum atomic E-state index is -3.34. The summed E-state index contributed by atoms with van der Waals surface area (Å²) in [5.74, 6) is -0.111. The molecule has 1 aliphatic heterocycles. The summed E-state index contributed by atoms with van der Waals surface area (Å²) in [7, 11) is -3.34. The fourth-order valence-corrected chi connectivity index (χ4v) is 6.39. The number of H-pyrrole nitrogens is 1. The lowest BCUT2D eigenvalue weighted by Crippen LogP contribution is -2.44. The van der Waals surface area contributed by atoms with E-state index >= 15 is 0 Å². The Hall–Kier alpha value is -3.88. The number of hydrogen-bond acceptors (Lipinski definition) is 9. The van der Waals surface area contributed by atoms with Crippen LogP contribution in [0.2, 0.25) is 10.0 Å². The zero-order valence-electron chi connectivity index (χ0n) is 25.8. The van der Waals surface area contributed by atoms with Gasteiger partial charge in [0, 0.05) is 35.8 Å². The van der Waals surface area contributed by atoms with Crippen LogP contribution in [0.15, 0.2) is 41.7 Å². The summed E-state index contributed by atoms with van der Waals surface area (Å²) in [4.78, 5) is 44.4. The molecule has 2 aromatic carbocycles. The maximum atomic E-state index is 13.7. The summed E-state index contributed by atoms with van der Waals surface area (Å²) in [6, 6.07) is 7.09. The van der Waals surface area contributed by atoms with Crippen LogP contribution < -0.4 is 10.8 Å². The van der Waals surface area contributed by atoms with Gasteiger partial charge in [-0.05, 0) is 70.4 Å². The number of fused-ring (bicyclic) bond motifs is 2. The van der Waals surface area contributed by atoms with E-state index < -0.39 is 27.6 Å². The lowest BCUT2D eigenvalue weighted by atomic mass is 10.1. The minimum absolute atomic E-state index is 0.0988. The number of rotatable bonds is 8. The monoisotopic (exact) mass is 691 g/mol. The Balaban J connectivity index is 1.49. The van der Waals surface area contributed by atoms with Crippen molar-refractivity contribution in [3.8, 4) is 0 Å². The van der Waals surface area contributed by atoms with Crippen LogP contribution in [0.25, 0.3) is 21.9 Å². The van der Waals surface area contributed by atoms with E-state index in [-0.39, 0.29) is 52.3 Å². The maximum absolute atomic E-state index is 13.7. The van der Waals surface area contributed by atoms with Gasteiger partial charge in [-0.3, -0.25) is 9.79 Å². The summed E-state index contributed by atoms with van der Waals surface area (Å²) in [5.41, 5.74) is 1.17. The molecule has 0 unspecified atom stereocenters. The number of imidazole rings is 1. The topological polar surface area (TPSA) is 172 Å². The van der Waals surface area contributed by atoms with E-state index in [9.17, 15) is 23.2 Å². The average molecular weight is 693 g/mol. The van der Waals surface area contributed by atoms with Gasteiger partial charge in [0.15, 0.2) is 5.49 Å². The van der Waals surface area contributed by atoms with Gasteiger partial charge in [0.25, 0.3) is 5.91 Å². The third kappa shape index (κ3) is 7.91. The first-order chi connectivity index (χ1) is 21.6. The third-order valence-corrected chi connectivity index (χ3v) is 8.95. The summed E-state index contributed by atoms with van der Waals surface area (Å²) >= 11 is 12.8. The summed E-state index contributed by atoms with van der Waals surface area (Å²) in [6.07, 6.45) is 3.24. The molecule has 16 heteroatoms. The molecule has 3 heterocycles. The van der Waals surface area contributed by atoms with E-state index in [1.165, 1.54) is 12.1 Å². The number of alkyl carbamates (subject to hydrolysis) is 1. The molecular formula is C30H35Cl2N7O6S. The molecule has 0 spiro atoms. The van der Waals surface area contributed by atoms with E-state index in [2.05, 4.69) is 20.3 Å². The van der Waals surface area contributed by atoms with Crippen LogP contribution in [-0.4, -0.2) is 86.9 Å². The number of nitrogens with zero attached hydrogens (tertiary/aromatic N) is 5. The number of halogens is 2. The van der Waals surface area contributed by atoms with Gasteiger partial charge in [-0.1, -0.05) is 23.2 Å². The van der Waals surface area contributed by atoms with Crippen LogP contribution in [-0.2, 0) is 14.6 Å². The highest BCUT2D eigenvalue weighted by Crippen LogP contribution is 2.28. The van der Waals surface area contributed by atoms with Crippen LogP contribution in [0, 0.1) is 0 Å².